The lowest BCUT2D eigenvalue weighted by Crippen LogP contribution is -2.45. The van der Waals surface area contributed by atoms with Crippen molar-refractivity contribution in [3.05, 3.63) is 28.5 Å². The standard InChI is InChI=1S/C12H15ClF2N2O/c13-10-6-8(15)5-9(12(10)18)11(7-14)17-3-1-16-2-4-17/h5-6,11,16,18H,1-4,7H2/t11-/m1/s1. The minimum absolute atomic E-state index is 0.0846. The first-order valence-electron chi connectivity index (χ1n) is 5.82. The number of piperazine rings is 1. The van der Waals surface area contributed by atoms with Gasteiger partial charge >= 0.3 is 0 Å². The molecule has 0 bridgehead atoms. The first-order valence-corrected chi connectivity index (χ1v) is 6.20. The van der Waals surface area contributed by atoms with E-state index in [-0.39, 0.29) is 16.3 Å². The van der Waals surface area contributed by atoms with E-state index in [1.807, 2.05) is 4.90 Å². The number of halogens is 3. The molecule has 0 saturated carbocycles. The lowest BCUT2D eigenvalue weighted by atomic mass is 10.0. The highest BCUT2D eigenvalue weighted by Crippen LogP contribution is 2.35. The molecule has 2 N–H and O–H groups in total. The molecule has 1 aliphatic heterocycles. The molecule has 0 aliphatic carbocycles. The van der Waals surface area contributed by atoms with Gasteiger partial charge in [-0.2, -0.15) is 0 Å². The van der Waals surface area contributed by atoms with E-state index in [1.54, 1.807) is 0 Å². The minimum atomic E-state index is -0.687. The van der Waals surface area contributed by atoms with Crippen LogP contribution in [0, 0.1) is 5.82 Å². The summed E-state index contributed by atoms with van der Waals surface area (Å²) in [5.41, 5.74) is 0.212. The van der Waals surface area contributed by atoms with Crippen LogP contribution in [0.25, 0.3) is 0 Å². The Morgan fingerprint density at radius 1 is 1.39 bits per heavy atom. The Balaban J connectivity index is 2.31. The normalized spacial score (nSPS) is 18.8. The zero-order chi connectivity index (χ0) is 13.1. The summed E-state index contributed by atoms with van der Waals surface area (Å²) in [7, 11) is 0. The quantitative estimate of drug-likeness (QED) is 0.887. The Kier molecular flexibility index (Phi) is 4.37. The van der Waals surface area contributed by atoms with Crippen molar-refractivity contribution in [2.75, 3.05) is 32.9 Å². The monoisotopic (exact) mass is 276 g/mol. The maximum absolute atomic E-state index is 13.3. The molecule has 1 aliphatic rings. The zero-order valence-electron chi connectivity index (χ0n) is 9.80. The molecular weight excluding hydrogens is 262 g/mol. The molecule has 100 valence electrons. The van der Waals surface area contributed by atoms with Gasteiger partial charge in [0.1, 0.15) is 18.2 Å². The molecule has 1 fully saturated rings. The minimum Gasteiger partial charge on any atom is -0.506 e. The first-order chi connectivity index (χ1) is 8.63. The van der Waals surface area contributed by atoms with Crippen LogP contribution in [-0.4, -0.2) is 42.9 Å². The Hall–Kier alpha value is -0.910. The smallest absolute Gasteiger partial charge is 0.139 e. The maximum atomic E-state index is 13.3. The maximum Gasteiger partial charge on any atom is 0.139 e. The average molecular weight is 277 g/mol. The number of rotatable bonds is 3. The second-order valence-electron chi connectivity index (χ2n) is 4.28. The highest BCUT2D eigenvalue weighted by atomic mass is 35.5. The molecule has 18 heavy (non-hydrogen) atoms. The number of hydrogen-bond acceptors (Lipinski definition) is 3. The van der Waals surface area contributed by atoms with Gasteiger partial charge in [0.15, 0.2) is 0 Å². The Bertz CT molecular complexity index is 425. The average Bonchev–Trinajstić information content (AvgIpc) is 2.37. The van der Waals surface area contributed by atoms with Gasteiger partial charge in [-0.25, -0.2) is 8.78 Å². The molecular formula is C12H15ClF2N2O. The molecule has 1 heterocycles. The highest BCUT2D eigenvalue weighted by molar-refractivity contribution is 6.32. The molecule has 1 aromatic carbocycles. The fraction of sp³-hybridized carbons (Fsp3) is 0.500. The van der Waals surface area contributed by atoms with Gasteiger partial charge < -0.3 is 10.4 Å². The molecule has 0 aromatic heterocycles. The van der Waals surface area contributed by atoms with Gasteiger partial charge in [0.05, 0.1) is 11.1 Å². The van der Waals surface area contributed by atoms with Crippen LogP contribution in [0.4, 0.5) is 8.78 Å². The van der Waals surface area contributed by atoms with Gasteiger partial charge in [0.2, 0.25) is 0 Å². The van der Waals surface area contributed by atoms with Gasteiger partial charge in [-0.1, -0.05) is 11.6 Å². The predicted octanol–water partition coefficient (Wildman–Crippen LogP) is 2.10. The Labute approximate surface area is 109 Å². The van der Waals surface area contributed by atoms with E-state index in [0.29, 0.717) is 13.1 Å². The predicted molar refractivity (Wildman–Crippen MR) is 66.2 cm³/mol. The van der Waals surface area contributed by atoms with Crippen LogP contribution in [0.5, 0.6) is 5.75 Å². The van der Waals surface area contributed by atoms with E-state index < -0.39 is 18.5 Å². The number of nitrogens with one attached hydrogen (secondary N) is 1. The lowest BCUT2D eigenvalue weighted by molar-refractivity contribution is 0.145. The zero-order valence-corrected chi connectivity index (χ0v) is 10.6. The van der Waals surface area contributed by atoms with Crippen LogP contribution < -0.4 is 5.32 Å². The lowest BCUT2D eigenvalue weighted by Gasteiger charge is -2.34. The summed E-state index contributed by atoms with van der Waals surface area (Å²) in [4.78, 5) is 1.88. The second-order valence-corrected chi connectivity index (χ2v) is 4.69. The van der Waals surface area contributed by atoms with Crippen LogP contribution in [-0.2, 0) is 0 Å². The summed E-state index contributed by atoms with van der Waals surface area (Å²) in [6.07, 6.45) is 0. The number of phenols is 1. The summed E-state index contributed by atoms with van der Waals surface area (Å²) < 4.78 is 26.6. The SMILES string of the molecule is Oc1c(Cl)cc(F)cc1[C@@H](CF)N1CCNCC1. The van der Waals surface area contributed by atoms with E-state index in [9.17, 15) is 13.9 Å². The largest absolute Gasteiger partial charge is 0.506 e. The van der Waals surface area contributed by atoms with Gasteiger partial charge in [-0.15, -0.1) is 0 Å². The first kappa shape index (κ1) is 13.5. The van der Waals surface area contributed by atoms with E-state index in [0.717, 1.165) is 25.2 Å². The third kappa shape index (κ3) is 2.74. The van der Waals surface area contributed by atoms with Crippen LogP contribution in [0.15, 0.2) is 12.1 Å². The van der Waals surface area contributed by atoms with Gasteiger partial charge in [-0.05, 0) is 12.1 Å². The molecule has 3 nitrogen and oxygen atoms in total. The van der Waals surface area contributed by atoms with Crippen molar-refractivity contribution in [3.63, 3.8) is 0 Å². The summed E-state index contributed by atoms with van der Waals surface area (Å²) >= 11 is 5.72. The van der Waals surface area contributed by atoms with Crippen molar-refractivity contribution >= 4 is 11.6 Å². The number of benzene rings is 1. The number of nitrogens with zero attached hydrogens (tertiary/aromatic N) is 1. The van der Waals surface area contributed by atoms with E-state index in [1.165, 1.54) is 0 Å². The third-order valence-corrected chi connectivity index (χ3v) is 3.44. The van der Waals surface area contributed by atoms with Crippen LogP contribution >= 0.6 is 11.6 Å². The number of phenolic OH excluding ortho intramolecular Hbond substituents is 1. The summed E-state index contributed by atoms with van der Waals surface area (Å²) in [5, 5.41) is 12.9. The van der Waals surface area contributed by atoms with Gasteiger partial charge in [0.25, 0.3) is 0 Å². The third-order valence-electron chi connectivity index (χ3n) is 3.16. The molecule has 2 rings (SSSR count). The summed E-state index contributed by atoms with van der Waals surface area (Å²) in [5.74, 6) is -0.805. The van der Waals surface area contributed by atoms with Crippen molar-refractivity contribution in [1.82, 2.24) is 10.2 Å². The van der Waals surface area contributed by atoms with Crippen LogP contribution in [0.2, 0.25) is 5.02 Å². The highest BCUT2D eigenvalue weighted by Gasteiger charge is 2.26. The Morgan fingerprint density at radius 2 is 2.06 bits per heavy atom. The summed E-state index contributed by atoms with van der Waals surface area (Å²) in [6.45, 7) is 2.12. The molecule has 0 radical (unpaired) electrons. The molecule has 1 atom stereocenters. The number of hydrogen-bond donors (Lipinski definition) is 2. The van der Waals surface area contributed by atoms with E-state index in [4.69, 9.17) is 11.6 Å². The molecule has 0 amide bonds. The fourth-order valence-corrected chi connectivity index (χ4v) is 2.42. The van der Waals surface area contributed by atoms with Gasteiger partial charge in [0, 0.05) is 31.7 Å². The number of aromatic hydroxyl groups is 1. The fourth-order valence-electron chi connectivity index (χ4n) is 2.21. The molecule has 0 spiro atoms. The van der Waals surface area contributed by atoms with Crippen molar-refractivity contribution < 1.29 is 13.9 Å². The molecule has 1 aromatic rings. The van der Waals surface area contributed by atoms with Crippen molar-refractivity contribution in [1.29, 1.82) is 0 Å². The van der Waals surface area contributed by atoms with Crippen molar-refractivity contribution in [2.45, 2.75) is 6.04 Å². The topological polar surface area (TPSA) is 35.5 Å². The van der Waals surface area contributed by atoms with Crippen molar-refractivity contribution in [3.8, 4) is 5.75 Å². The molecule has 0 unspecified atom stereocenters. The molecule has 6 heteroatoms. The van der Waals surface area contributed by atoms with Crippen LogP contribution in [0.1, 0.15) is 11.6 Å². The van der Waals surface area contributed by atoms with Crippen molar-refractivity contribution in [2.24, 2.45) is 0 Å². The molecule has 1 saturated heterocycles. The Morgan fingerprint density at radius 3 is 2.67 bits per heavy atom. The number of alkyl halides is 1. The van der Waals surface area contributed by atoms with Crippen LogP contribution in [0.3, 0.4) is 0 Å². The summed E-state index contributed by atoms with van der Waals surface area (Å²) in [6, 6.07) is 1.52. The van der Waals surface area contributed by atoms with E-state index >= 15 is 0 Å². The second kappa shape index (κ2) is 5.82. The van der Waals surface area contributed by atoms with E-state index in [2.05, 4.69) is 5.32 Å². The van der Waals surface area contributed by atoms with Gasteiger partial charge in [-0.3, -0.25) is 4.90 Å².